The number of halogens is 1. The van der Waals surface area contributed by atoms with Gasteiger partial charge < -0.3 is 9.42 Å². The van der Waals surface area contributed by atoms with E-state index in [4.69, 9.17) is 16.1 Å². The molecule has 0 bridgehead atoms. The van der Waals surface area contributed by atoms with Crippen molar-refractivity contribution in [2.45, 2.75) is 19.9 Å². The van der Waals surface area contributed by atoms with Crippen molar-refractivity contribution in [2.24, 2.45) is 0 Å². The first-order chi connectivity index (χ1) is 12.1. The highest BCUT2D eigenvalue weighted by molar-refractivity contribution is 6.34. The Morgan fingerprint density at radius 1 is 1.12 bits per heavy atom. The molecule has 7 heteroatoms. The normalized spacial score (nSPS) is 17.2. The van der Waals surface area contributed by atoms with Crippen LogP contribution in [0.1, 0.15) is 24.7 Å². The maximum absolute atomic E-state index is 6.37. The van der Waals surface area contributed by atoms with E-state index in [0.717, 1.165) is 42.8 Å². The Bertz CT molecular complexity index is 888. The maximum Gasteiger partial charge on any atom is 0.243 e. The van der Waals surface area contributed by atoms with Crippen molar-refractivity contribution in [3.8, 4) is 0 Å². The molecule has 1 aromatic carbocycles. The second-order valence-corrected chi connectivity index (χ2v) is 6.73. The van der Waals surface area contributed by atoms with Gasteiger partial charge in [-0.25, -0.2) is 4.98 Å². The first-order valence-corrected chi connectivity index (χ1v) is 8.84. The van der Waals surface area contributed by atoms with Crippen LogP contribution in [0.3, 0.4) is 0 Å². The van der Waals surface area contributed by atoms with E-state index < -0.39 is 0 Å². The standard InChI is InChI=1S/C18H20ClN5O/c1-12(18-20-13(2)22-25-18)23-7-9-24(10-8-23)16-11-14-5-3-4-6-15(14)17(19)21-16/h3-6,11-12H,7-10H2,1-2H3. The molecule has 0 radical (unpaired) electrons. The van der Waals surface area contributed by atoms with Crippen LogP contribution in [0.5, 0.6) is 0 Å². The van der Waals surface area contributed by atoms with Crippen molar-refractivity contribution in [2.75, 3.05) is 31.1 Å². The van der Waals surface area contributed by atoms with E-state index in [1.54, 1.807) is 0 Å². The predicted octanol–water partition coefficient (Wildman–Crippen LogP) is 3.46. The average Bonchev–Trinajstić information content (AvgIpc) is 3.07. The van der Waals surface area contributed by atoms with Crippen LogP contribution in [0.25, 0.3) is 10.8 Å². The minimum atomic E-state index is 0.122. The molecule has 3 heterocycles. The molecule has 1 saturated heterocycles. The van der Waals surface area contributed by atoms with Crippen LogP contribution in [0.2, 0.25) is 5.15 Å². The number of fused-ring (bicyclic) bond motifs is 1. The Labute approximate surface area is 151 Å². The summed E-state index contributed by atoms with van der Waals surface area (Å²) in [6.45, 7) is 7.54. The Morgan fingerprint density at radius 2 is 1.88 bits per heavy atom. The zero-order valence-electron chi connectivity index (χ0n) is 14.3. The number of piperazine rings is 1. The molecule has 3 aromatic rings. The van der Waals surface area contributed by atoms with Gasteiger partial charge in [0.15, 0.2) is 5.82 Å². The monoisotopic (exact) mass is 357 g/mol. The lowest BCUT2D eigenvalue weighted by atomic mass is 10.1. The van der Waals surface area contributed by atoms with Crippen molar-refractivity contribution >= 4 is 28.2 Å². The minimum absolute atomic E-state index is 0.122. The van der Waals surface area contributed by atoms with Gasteiger partial charge in [-0.1, -0.05) is 41.0 Å². The van der Waals surface area contributed by atoms with E-state index in [1.165, 1.54) is 0 Å². The lowest BCUT2D eigenvalue weighted by Gasteiger charge is -2.37. The molecule has 1 fully saturated rings. The summed E-state index contributed by atoms with van der Waals surface area (Å²) in [6, 6.07) is 10.3. The molecule has 1 unspecified atom stereocenters. The topological polar surface area (TPSA) is 58.3 Å². The van der Waals surface area contributed by atoms with Crippen molar-refractivity contribution in [1.29, 1.82) is 0 Å². The Morgan fingerprint density at radius 3 is 2.60 bits per heavy atom. The highest BCUT2D eigenvalue weighted by Crippen LogP contribution is 2.28. The van der Waals surface area contributed by atoms with Crippen molar-refractivity contribution < 1.29 is 4.52 Å². The van der Waals surface area contributed by atoms with Gasteiger partial charge in [-0.3, -0.25) is 4.90 Å². The second-order valence-electron chi connectivity index (χ2n) is 6.37. The Balaban J connectivity index is 1.48. The average molecular weight is 358 g/mol. The molecular formula is C18H20ClN5O. The minimum Gasteiger partial charge on any atom is -0.354 e. The number of aryl methyl sites for hydroxylation is 1. The maximum atomic E-state index is 6.37. The number of benzene rings is 1. The number of anilines is 1. The summed E-state index contributed by atoms with van der Waals surface area (Å²) in [5.74, 6) is 2.29. The van der Waals surface area contributed by atoms with Gasteiger partial charge in [-0.15, -0.1) is 0 Å². The van der Waals surface area contributed by atoms with Crippen LogP contribution in [0, 0.1) is 6.92 Å². The second kappa shape index (κ2) is 6.61. The first-order valence-electron chi connectivity index (χ1n) is 8.46. The third-order valence-corrected chi connectivity index (χ3v) is 5.06. The third kappa shape index (κ3) is 3.19. The molecule has 130 valence electrons. The summed E-state index contributed by atoms with van der Waals surface area (Å²) in [6.07, 6.45) is 0. The zero-order chi connectivity index (χ0) is 17.4. The summed E-state index contributed by atoms with van der Waals surface area (Å²) in [5, 5.41) is 6.56. The molecule has 6 nitrogen and oxygen atoms in total. The summed E-state index contributed by atoms with van der Waals surface area (Å²) in [5.41, 5.74) is 0. The molecule has 2 aromatic heterocycles. The molecular weight excluding hydrogens is 338 g/mol. The van der Waals surface area contributed by atoms with E-state index in [-0.39, 0.29) is 6.04 Å². The van der Waals surface area contributed by atoms with E-state index in [0.29, 0.717) is 16.9 Å². The summed E-state index contributed by atoms with van der Waals surface area (Å²) in [7, 11) is 0. The Kier molecular flexibility index (Phi) is 4.31. The number of hydrogen-bond donors (Lipinski definition) is 0. The molecule has 0 N–H and O–H groups in total. The lowest BCUT2D eigenvalue weighted by Crippen LogP contribution is -2.47. The van der Waals surface area contributed by atoms with Crippen LogP contribution < -0.4 is 4.90 Å². The molecule has 0 amide bonds. The molecule has 1 aliphatic rings. The summed E-state index contributed by atoms with van der Waals surface area (Å²) < 4.78 is 5.31. The van der Waals surface area contributed by atoms with Crippen LogP contribution in [0.4, 0.5) is 5.82 Å². The zero-order valence-corrected chi connectivity index (χ0v) is 15.1. The van der Waals surface area contributed by atoms with Gasteiger partial charge in [0.1, 0.15) is 11.0 Å². The third-order valence-electron chi connectivity index (χ3n) is 4.77. The van der Waals surface area contributed by atoms with E-state index in [1.807, 2.05) is 25.1 Å². The van der Waals surface area contributed by atoms with E-state index >= 15 is 0 Å². The molecule has 25 heavy (non-hydrogen) atoms. The SMILES string of the molecule is Cc1noc(C(C)N2CCN(c3cc4ccccc4c(Cl)n3)CC2)n1. The highest BCUT2D eigenvalue weighted by atomic mass is 35.5. The van der Waals surface area contributed by atoms with Crippen molar-refractivity contribution in [3.63, 3.8) is 0 Å². The van der Waals surface area contributed by atoms with Gasteiger partial charge in [0.2, 0.25) is 5.89 Å². The summed E-state index contributed by atoms with van der Waals surface area (Å²) in [4.78, 5) is 13.6. The smallest absolute Gasteiger partial charge is 0.243 e. The number of rotatable bonds is 3. The number of nitrogens with zero attached hydrogens (tertiary/aromatic N) is 5. The predicted molar refractivity (Wildman–Crippen MR) is 98.0 cm³/mol. The van der Waals surface area contributed by atoms with Gasteiger partial charge in [0.05, 0.1) is 6.04 Å². The van der Waals surface area contributed by atoms with Gasteiger partial charge in [-0.2, -0.15) is 4.98 Å². The summed E-state index contributed by atoms with van der Waals surface area (Å²) >= 11 is 6.37. The van der Waals surface area contributed by atoms with Gasteiger partial charge in [0.25, 0.3) is 0 Å². The molecule has 1 aliphatic heterocycles. The lowest BCUT2D eigenvalue weighted by molar-refractivity contribution is 0.164. The fourth-order valence-corrected chi connectivity index (χ4v) is 3.54. The largest absolute Gasteiger partial charge is 0.354 e. The van der Waals surface area contributed by atoms with Crippen LogP contribution in [-0.2, 0) is 0 Å². The number of hydrogen-bond acceptors (Lipinski definition) is 6. The first kappa shape index (κ1) is 16.3. The molecule has 0 spiro atoms. The highest BCUT2D eigenvalue weighted by Gasteiger charge is 2.26. The quantitative estimate of drug-likeness (QED) is 0.669. The molecule has 1 atom stereocenters. The van der Waals surface area contributed by atoms with Crippen LogP contribution in [-0.4, -0.2) is 46.2 Å². The Hall–Kier alpha value is -2.18. The van der Waals surface area contributed by atoms with Crippen LogP contribution in [0.15, 0.2) is 34.9 Å². The fraction of sp³-hybridized carbons (Fsp3) is 0.389. The van der Waals surface area contributed by atoms with Gasteiger partial charge in [0, 0.05) is 31.6 Å². The van der Waals surface area contributed by atoms with Gasteiger partial charge in [-0.05, 0) is 25.3 Å². The fourth-order valence-electron chi connectivity index (χ4n) is 3.28. The van der Waals surface area contributed by atoms with Crippen LogP contribution >= 0.6 is 11.6 Å². The number of aromatic nitrogens is 3. The van der Waals surface area contributed by atoms with Crippen molar-refractivity contribution in [1.82, 2.24) is 20.0 Å². The molecule has 4 rings (SSSR count). The number of pyridine rings is 1. The van der Waals surface area contributed by atoms with Gasteiger partial charge >= 0.3 is 0 Å². The van der Waals surface area contributed by atoms with E-state index in [2.05, 4.69) is 44.0 Å². The van der Waals surface area contributed by atoms with Crippen molar-refractivity contribution in [3.05, 3.63) is 47.2 Å². The molecule has 0 aliphatic carbocycles. The molecule has 0 saturated carbocycles. The van der Waals surface area contributed by atoms with E-state index in [9.17, 15) is 0 Å².